The van der Waals surface area contributed by atoms with Gasteiger partial charge in [-0.2, -0.15) is 4.31 Å². The second-order valence-corrected chi connectivity index (χ2v) is 8.70. The Labute approximate surface area is 139 Å². The molecule has 0 saturated carbocycles. The number of carbonyl (C=O) groups excluding carboxylic acids is 1. The van der Waals surface area contributed by atoms with Crippen molar-refractivity contribution in [3.63, 3.8) is 0 Å². The summed E-state index contributed by atoms with van der Waals surface area (Å²) in [4.78, 5) is 23.4. The van der Waals surface area contributed by atoms with Gasteiger partial charge in [0.25, 0.3) is 10.0 Å². The number of hydrogen-bond donors (Lipinski definition) is 2. The highest BCUT2D eigenvalue weighted by Gasteiger charge is 2.40. The predicted octanol–water partition coefficient (Wildman–Crippen LogP) is 1.13. The summed E-state index contributed by atoms with van der Waals surface area (Å²) in [5.74, 6) is -2.20. The maximum Gasteiger partial charge on any atom is 0.308 e. The summed E-state index contributed by atoms with van der Waals surface area (Å²) >= 11 is 1.11. The lowest BCUT2D eigenvalue weighted by Gasteiger charge is -2.25. The first-order valence-corrected chi connectivity index (χ1v) is 9.65. The largest absolute Gasteiger partial charge is 0.481 e. The van der Waals surface area contributed by atoms with Crippen molar-refractivity contribution in [3.8, 4) is 0 Å². The molecule has 2 rings (SSSR count). The van der Waals surface area contributed by atoms with Crippen LogP contribution in [0.25, 0.3) is 0 Å². The Morgan fingerprint density at radius 1 is 1.43 bits per heavy atom. The van der Waals surface area contributed by atoms with Crippen LogP contribution in [0.15, 0.2) is 21.7 Å². The molecule has 0 bridgehead atoms. The van der Waals surface area contributed by atoms with Crippen molar-refractivity contribution < 1.29 is 23.1 Å². The quantitative estimate of drug-likeness (QED) is 0.791. The first-order chi connectivity index (χ1) is 10.7. The molecular formula is C14H20N2O5S2. The minimum Gasteiger partial charge on any atom is -0.481 e. The average Bonchev–Trinajstić information content (AvgIpc) is 3.17. The highest BCUT2D eigenvalue weighted by Crippen LogP contribution is 2.28. The molecule has 2 N–H and O–H groups in total. The summed E-state index contributed by atoms with van der Waals surface area (Å²) in [6.45, 7) is 3.40. The molecule has 3 atom stereocenters. The molecule has 1 saturated heterocycles. The number of hydrogen-bond acceptors (Lipinski definition) is 5. The third-order valence-electron chi connectivity index (χ3n) is 4.07. The highest BCUT2D eigenvalue weighted by molar-refractivity contribution is 7.91. The molecule has 2 heterocycles. The molecular weight excluding hydrogens is 340 g/mol. The van der Waals surface area contributed by atoms with E-state index in [1.807, 2.05) is 0 Å². The van der Waals surface area contributed by atoms with Gasteiger partial charge in [-0.25, -0.2) is 8.42 Å². The first-order valence-electron chi connectivity index (χ1n) is 7.33. The molecule has 0 spiro atoms. The number of amides is 1. The second kappa shape index (κ2) is 6.98. The van der Waals surface area contributed by atoms with Gasteiger partial charge in [-0.3, -0.25) is 9.59 Å². The van der Waals surface area contributed by atoms with E-state index in [-0.39, 0.29) is 4.21 Å². The third-order valence-corrected chi connectivity index (χ3v) is 7.36. The molecule has 1 aliphatic heterocycles. The molecule has 1 aromatic rings. The topological polar surface area (TPSA) is 104 Å². The van der Waals surface area contributed by atoms with Gasteiger partial charge in [-0.15, -0.1) is 11.3 Å². The molecule has 0 aromatic carbocycles. The van der Waals surface area contributed by atoms with Gasteiger partial charge in [-0.05, 0) is 38.1 Å². The van der Waals surface area contributed by atoms with E-state index in [1.54, 1.807) is 18.4 Å². The van der Waals surface area contributed by atoms with E-state index in [9.17, 15) is 18.0 Å². The molecule has 1 amide bonds. The number of nitrogens with zero attached hydrogens (tertiary/aromatic N) is 1. The summed E-state index contributed by atoms with van der Waals surface area (Å²) in [7, 11) is -3.69. The normalized spacial score (nSPS) is 21.7. The van der Waals surface area contributed by atoms with Crippen LogP contribution in [0, 0.1) is 5.92 Å². The zero-order chi connectivity index (χ0) is 17.2. The van der Waals surface area contributed by atoms with E-state index >= 15 is 0 Å². The Morgan fingerprint density at radius 3 is 2.70 bits per heavy atom. The predicted molar refractivity (Wildman–Crippen MR) is 85.6 cm³/mol. The van der Waals surface area contributed by atoms with Crippen LogP contribution in [-0.2, 0) is 19.6 Å². The smallest absolute Gasteiger partial charge is 0.308 e. The fourth-order valence-corrected chi connectivity index (χ4v) is 5.25. The molecule has 0 aliphatic carbocycles. The Kier molecular flexibility index (Phi) is 5.43. The molecule has 1 aliphatic rings. The van der Waals surface area contributed by atoms with Gasteiger partial charge < -0.3 is 10.4 Å². The minimum absolute atomic E-state index is 0.212. The number of nitrogens with one attached hydrogen (secondary N) is 1. The van der Waals surface area contributed by atoms with Crippen molar-refractivity contribution in [1.29, 1.82) is 0 Å². The van der Waals surface area contributed by atoms with Gasteiger partial charge in [0.15, 0.2) is 0 Å². The standard InChI is InChI=1S/C14H20N2O5S2/c1-9(14(18)19)10(2)15-13(17)11-5-3-7-16(11)23(20,21)12-6-4-8-22-12/h4,6,8-11H,3,5,7H2,1-2H3,(H,15,17)(H,18,19). The van der Waals surface area contributed by atoms with Crippen molar-refractivity contribution in [2.45, 2.75) is 43.0 Å². The van der Waals surface area contributed by atoms with Crippen molar-refractivity contribution in [1.82, 2.24) is 9.62 Å². The molecule has 0 radical (unpaired) electrons. The number of rotatable bonds is 6. The second-order valence-electron chi connectivity index (χ2n) is 5.63. The van der Waals surface area contributed by atoms with Crippen LogP contribution in [0.4, 0.5) is 0 Å². The van der Waals surface area contributed by atoms with Crippen LogP contribution >= 0.6 is 11.3 Å². The summed E-state index contributed by atoms with van der Waals surface area (Å²) in [6.07, 6.45) is 1.04. The summed E-state index contributed by atoms with van der Waals surface area (Å²) in [5, 5.41) is 13.3. The lowest BCUT2D eigenvalue weighted by Crippen LogP contribution is -2.50. The van der Waals surface area contributed by atoms with Crippen LogP contribution in [0.2, 0.25) is 0 Å². The lowest BCUT2D eigenvalue weighted by atomic mass is 10.0. The Bertz CT molecular complexity index is 671. The minimum atomic E-state index is -3.69. The van der Waals surface area contributed by atoms with E-state index in [2.05, 4.69) is 5.32 Å². The van der Waals surface area contributed by atoms with Crippen molar-refractivity contribution >= 4 is 33.2 Å². The number of carbonyl (C=O) groups is 2. The molecule has 3 unspecified atom stereocenters. The van der Waals surface area contributed by atoms with Crippen molar-refractivity contribution in [2.24, 2.45) is 5.92 Å². The lowest BCUT2D eigenvalue weighted by molar-refractivity contribution is -0.142. The molecule has 1 fully saturated rings. The van der Waals surface area contributed by atoms with Gasteiger partial charge in [0.1, 0.15) is 10.3 Å². The van der Waals surface area contributed by atoms with E-state index < -0.39 is 39.9 Å². The van der Waals surface area contributed by atoms with Crippen LogP contribution in [0.5, 0.6) is 0 Å². The first kappa shape index (κ1) is 17.9. The molecule has 9 heteroatoms. The number of carboxylic acid groups (broad SMARTS) is 1. The SMILES string of the molecule is CC(NC(=O)C1CCCN1S(=O)(=O)c1cccs1)C(C)C(=O)O. The van der Waals surface area contributed by atoms with Crippen molar-refractivity contribution in [2.75, 3.05) is 6.54 Å². The Morgan fingerprint density at radius 2 is 2.13 bits per heavy atom. The number of sulfonamides is 1. The van der Waals surface area contributed by atoms with Gasteiger partial charge in [-0.1, -0.05) is 6.07 Å². The van der Waals surface area contributed by atoms with Crippen LogP contribution in [0.3, 0.4) is 0 Å². The molecule has 7 nitrogen and oxygen atoms in total. The highest BCUT2D eigenvalue weighted by atomic mass is 32.2. The maximum atomic E-state index is 12.6. The van der Waals surface area contributed by atoms with E-state index in [0.29, 0.717) is 19.4 Å². The monoisotopic (exact) mass is 360 g/mol. The summed E-state index contributed by atoms with van der Waals surface area (Å²) < 4.78 is 26.6. The molecule has 128 valence electrons. The van der Waals surface area contributed by atoms with Crippen molar-refractivity contribution in [3.05, 3.63) is 17.5 Å². The average molecular weight is 360 g/mol. The Balaban J connectivity index is 2.13. The summed E-state index contributed by atoms with van der Waals surface area (Å²) in [5.41, 5.74) is 0. The van der Waals surface area contributed by atoms with Gasteiger partial charge in [0, 0.05) is 12.6 Å². The molecule has 23 heavy (non-hydrogen) atoms. The number of thiophene rings is 1. The summed E-state index contributed by atoms with van der Waals surface area (Å²) in [6, 6.07) is 1.80. The van der Waals surface area contributed by atoms with Crippen LogP contribution in [-0.4, -0.2) is 48.3 Å². The Hall–Kier alpha value is -1.45. The van der Waals surface area contributed by atoms with E-state index in [1.165, 1.54) is 17.3 Å². The van der Waals surface area contributed by atoms with Gasteiger partial charge in [0.2, 0.25) is 5.91 Å². The van der Waals surface area contributed by atoms with Crippen LogP contribution in [0.1, 0.15) is 26.7 Å². The molecule has 1 aromatic heterocycles. The fraction of sp³-hybridized carbons (Fsp3) is 0.571. The zero-order valence-corrected chi connectivity index (χ0v) is 14.6. The number of carboxylic acids is 1. The van der Waals surface area contributed by atoms with E-state index in [4.69, 9.17) is 5.11 Å². The van der Waals surface area contributed by atoms with Gasteiger partial charge >= 0.3 is 5.97 Å². The fourth-order valence-electron chi connectivity index (χ4n) is 2.48. The maximum absolute atomic E-state index is 12.6. The van der Waals surface area contributed by atoms with Crippen LogP contribution < -0.4 is 5.32 Å². The third kappa shape index (κ3) is 3.73. The van der Waals surface area contributed by atoms with E-state index in [0.717, 1.165) is 11.3 Å². The number of aliphatic carboxylic acids is 1. The van der Waals surface area contributed by atoms with Gasteiger partial charge in [0.05, 0.1) is 5.92 Å². The zero-order valence-electron chi connectivity index (χ0n) is 12.9.